The van der Waals surface area contributed by atoms with E-state index in [1.165, 1.54) is 7.11 Å². The molecule has 1 aromatic carbocycles. The van der Waals surface area contributed by atoms with Crippen molar-refractivity contribution >= 4 is 17.6 Å². The highest BCUT2D eigenvalue weighted by molar-refractivity contribution is 6.32. The zero-order valence-corrected chi connectivity index (χ0v) is 10.1. The fraction of sp³-hybridized carbons (Fsp3) is 0.364. The first-order valence-corrected chi connectivity index (χ1v) is 5.31. The molecule has 1 rings (SSSR count). The molecule has 0 aliphatic heterocycles. The van der Waals surface area contributed by atoms with E-state index in [0.29, 0.717) is 10.8 Å². The second-order valence-electron chi connectivity index (χ2n) is 3.41. The van der Waals surface area contributed by atoms with Crippen molar-refractivity contribution in [2.45, 2.75) is 6.04 Å². The van der Waals surface area contributed by atoms with Gasteiger partial charge in [-0.15, -0.1) is 0 Å². The second-order valence-corrected chi connectivity index (χ2v) is 3.82. The second kappa shape index (κ2) is 6.44. The van der Waals surface area contributed by atoms with E-state index in [9.17, 15) is 4.79 Å². The lowest BCUT2D eigenvalue weighted by Gasteiger charge is -2.13. The Hall–Kier alpha value is -1.30. The number of carboxylic acid groups (broad SMARTS) is 1. The fourth-order valence-electron chi connectivity index (χ4n) is 1.28. The van der Waals surface area contributed by atoms with Gasteiger partial charge in [0.25, 0.3) is 0 Å². The summed E-state index contributed by atoms with van der Waals surface area (Å²) in [6.45, 7) is -0.244. The van der Waals surface area contributed by atoms with Crippen LogP contribution in [0.4, 0.5) is 0 Å². The third-order valence-electron chi connectivity index (χ3n) is 2.13. The van der Waals surface area contributed by atoms with Crippen molar-refractivity contribution < 1.29 is 19.4 Å². The number of carboxylic acids is 1. The van der Waals surface area contributed by atoms with Crippen LogP contribution in [0, 0.1) is 0 Å². The highest BCUT2D eigenvalue weighted by atomic mass is 35.5. The van der Waals surface area contributed by atoms with Crippen molar-refractivity contribution in [3.05, 3.63) is 28.8 Å². The Morgan fingerprint density at radius 2 is 2.29 bits per heavy atom. The number of halogens is 1. The Balaban J connectivity index is 2.59. The van der Waals surface area contributed by atoms with E-state index in [4.69, 9.17) is 31.9 Å². The third kappa shape index (κ3) is 4.22. The summed E-state index contributed by atoms with van der Waals surface area (Å²) in [5.74, 6) is -0.459. The van der Waals surface area contributed by atoms with Crippen LogP contribution in [0.3, 0.4) is 0 Å². The van der Waals surface area contributed by atoms with Crippen LogP contribution in [0.5, 0.6) is 5.75 Å². The van der Waals surface area contributed by atoms with Crippen molar-refractivity contribution in [3.8, 4) is 5.75 Å². The minimum absolute atomic E-state index is 0.120. The Morgan fingerprint density at radius 3 is 2.82 bits per heavy atom. The fourth-order valence-corrected chi connectivity index (χ4v) is 1.55. The summed E-state index contributed by atoms with van der Waals surface area (Å²) in [7, 11) is 1.52. The van der Waals surface area contributed by atoms with Gasteiger partial charge in [-0.2, -0.15) is 0 Å². The smallest absolute Gasteiger partial charge is 0.329 e. The quantitative estimate of drug-likeness (QED) is 0.808. The van der Waals surface area contributed by atoms with E-state index in [1.54, 1.807) is 18.2 Å². The Morgan fingerprint density at radius 1 is 1.59 bits per heavy atom. The number of methoxy groups -OCH3 is 1. The molecule has 0 saturated carbocycles. The molecule has 0 heterocycles. The summed E-state index contributed by atoms with van der Waals surface area (Å²) in [5.41, 5.74) is 6.59. The molecule has 0 aliphatic rings. The lowest BCUT2D eigenvalue weighted by Crippen LogP contribution is -2.19. The first-order valence-electron chi connectivity index (χ1n) is 4.93. The summed E-state index contributed by atoms with van der Waals surface area (Å²) in [5, 5.41) is 8.86. The molecule has 5 nitrogen and oxygen atoms in total. The Labute approximate surface area is 104 Å². The van der Waals surface area contributed by atoms with Gasteiger partial charge in [0.05, 0.1) is 24.8 Å². The number of nitrogens with two attached hydrogens (primary N) is 1. The van der Waals surface area contributed by atoms with Gasteiger partial charge in [0.1, 0.15) is 12.4 Å². The number of rotatable bonds is 6. The molecule has 0 bridgehead atoms. The Kier molecular flexibility index (Phi) is 5.21. The van der Waals surface area contributed by atoms with Gasteiger partial charge in [-0.25, -0.2) is 4.79 Å². The molecule has 17 heavy (non-hydrogen) atoms. The van der Waals surface area contributed by atoms with Gasteiger partial charge < -0.3 is 20.3 Å². The van der Waals surface area contributed by atoms with Crippen LogP contribution in [0.15, 0.2) is 18.2 Å². The van der Waals surface area contributed by atoms with Crippen LogP contribution in [0.25, 0.3) is 0 Å². The molecule has 1 aromatic rings. The van der Waals surface area contributed by atoms with Crippen LogP contribution in [-0.2, 0) is 9.53 Å². The SMILES string of the molecule is COc1ccc(C(N)COCC(=O)O)cc1Cl. The standard InChI is InChI=1S/C11H14ClNO4/c1-16-10-3-2-7(4-8(10)12)9(13)5-17-6-11(14)15/h2-4,9H,5-6,13H2,1H3,(H,14,15). The van der Waals surface area contributed by atoms with E-state index in [1.807, 2.05) is 0 Å². The molecule has 1 unspecified atom stereocenters. The van der Waals surface area contributed by atoms with Crippen LogP contribution in [0.1, 0.15) is 11.6 Å². The number of hydrogen-bond acceptors (Lipinski definition) is 4. The Bertz CT molecular complexity index is 397. The van der Waals surface area contributed by atoms with Crippen LogP contribution >= 0.6 is 11.6 Å². The maximum atomic E-state index is 10.3. The van der Waals surface area contributed by atoms with Gasteiger partial charge in [0.15, 0.2) is 0 Å². The van der Waals surface area contributed by atoms with Crippen LogP contribution < -0.4 is 10.5 Å². The van der Waals surface area contributed by atoms with Crippen molar-refractivity contribution in [3.63, 3.8) is 0 Å². The van der Waals surface area contributed by atoms with Gasteiger partial charge in [0, 0.05) is 0 Å². The summed E-state index contributed by atoms with van der Waals surface area (Å²) in [4.78, 5) is 10.3. The van der Waals surface area contributed by atoms with Crippen LogP contribution in [-0.4, -0.2) is 31.4 Å². The van der Waals surface area contributed by atoms with Crippen molar-refractivity contribution in [1.82, 2.24) is 0 Å². The van der Waals surface area contributed by atoms with E-state index in [0.717, 1.165) is 5.56 Å². The molecule has 0 aromatic heterocycles. The normalized spacial score (nSPS) is 12.2. The zero-order chi connectivity index (χ0) is 12.8. The van der Waals surface area contributed by atoms with Crippen molar-refractivity contribution in [1.29, 1.82) is 0 Å². The molecule has 0 aliphatic carbocycles. The van der Waals surface area contributed by atoms with Crippen molar-refractivity contribution in [2.24, 2.45) is 5.73 Å². The number of benzene rings is 1. The van der Waals surface area contributed by atoms with Gasteiger partial charge in [-0.3, -0.25) is 0 Å². The number of carbonyl (C=O) groups is 1. The van der Waals surface area contributed by atoms with Gasteiger partial charge >= 0.3 is 5.97 Å². The van der Waals surface area contributed by atoms with Gasteiger partial charge in [0.2, 0.25) is 0 Å². The average Bonchev–Trinajstić information content (AvgIpc) is 2.28. The molecular formula is C11H14ClNO4. The highest BCUT2D eigenvalue weighted by Crippen LogP contribution is 2.26. The molecule has 0 saturated heterocycles. The molecule has 0 radical (unpaired) electrons. The van der Waals surface area contributed by atoms with Crippen LogP contribution in [0.2, 0.25) is 5.02 Å². The lowest BCUT2D eigenvalue weighted by molar-refractivity contribution is -0.142. The number of aliphatic carboxylic acids is 1. The molecule has 6 heteroatoms. The van der Waals surface area contributed by atoms with E-state index in [2.05, 4.69) is 0 Å². The largest absolute Gasteiger partial charge is 0.495 e. The average molecular weight is 260 g/mol. The molecular weight excluding hydrogens is 246 g/mol. The minimum atomic E-state index is -1.02. The summed E-state index contributed by atoms with van der Waals surface area (Å²) in [6, 6.07) is 4.72. The predicted octanol–water partition coefficient (Wildman–Crippen LogP) is 1.45. The minimum Gasteiger partial charge on any atom is -0.495 e. The lowest BCUT2D eigenvalue weighted by atomic mass is 10.1. The topological polar surface area (TPSA) is 81.8 Å². The zero-order valence-electron chi connectivity index (χ0n) is 9.35. The molecule has 0 amide bonds. The van der Waals surface area contributed by atoms with Gasteiger partial charge in [-0.05, 0) is 17.7 Å². The summed E-state index contributed by atoms with van der Waals surface area (Å²) in [6.07, 6.45) is 0. The summed E-state index contributed by atoms with van der Waals surface area (Å²) < 4.78 is 9.92. The van der Waals surface area contributed by atoms with E-state index >= 15 is 0 Å². The van der Waals surface area contributed by atoms with E-state index < -0.39 is 12.0 Å². The maximum absolute atomic E-state index is 10.3. The molecule has 94 valence electrons. The molecule has 3 N–H and O–H groups in total. The molecule has 0 fully saturated rings. The highest BCUT2D eigenvalue weighted by Gasteiger charge is 2.10. The number of ether oxygens (including phenoxy) is 2. The van der Waals surface area contributed by atoms with Gasteiger partial charge in [-0.1, -0.05) is 17.7 Å². The predicted molar refractivity (Wildman–Crippen MR) is 63.4 cm³/mol. The first-order chi connectivity index (χ1) is 8.04. The monoisotopic (exact) mass is 259 g/mol. The molecule has 1 atom stereocenters. The third-order valence-corrected chi connectivity index (χ3v) is 2.42. The number of hydrogen-bond donors (Lipinski definition) is 2. The van der Waals surface area contributed by atoms with E-state index in [-0.39, 0.29) is 13.2 Å². The molecule has 0 spiro atoms. The first kappa shape index (κ1) is 13.8. The van der Waals surface area contributed by atoms with Crippen molar-refractivity contribution in [2.75, 3.05) is 20.3 Å². The summed E-state index contributed by atoms with van der Waals surface area (Å²) >= 11 is 5.94. The maximum Gasteiger partial charge on any atom is 0.329 e.